The Morgan fingerprint density at radius 2 is 1.50 bits per heavy atom. The molecule has 0 fully saturated rings. The maximum atomic E-state index is 12.4. The van der Waals surface area contributed by atoms with Gasteiger partial charge in [-0.3, -0.25) is 14.9 Å². The molecule has 3 amide bonds. The van der Waals surface area contributed by atoms with Gasteiger partial charge in [-0.1, -0.05) is 48.0 Å². The zero-order chi connectivity index (χ0) is 21.5. The number of aryl methyl sites for hydroxylation is 2. The van der Waals surface area contributed by atoms with Crippen LogP contribution in [0.3, 0.4) is 0 Å². The van der Waals surface area contributed by atoms with E-state index in [2.05, 4.69) is 10.6 Å². The number of ether oxygens (including phenoxy) is 1. The van der Waals surface area contributed by atoms with Crippen molar-refractivity contribution in [3.63, 3.8) is 0 Å². The van der Waals surface area contributed by atoms with Gasteiger partial charge >= 0.3 is 6.03 Å². The number of hydrogen-bond acceptors (Lipinski definition) is 4. The fraction of sp³-hybridized carbons (Fsp3) is 0.125. The first kappa shape index (κ1) is 20.8. The highest BCUT2D eigenvalue weighted by Crippen LogP contribution is 2.16. The van der Waals surface area contributed by atoms with Crippen molar-refractivity contribution in [1.82, 2.24) is 5.32 Å². The fourth-order valence-corrected chi connectivity index (χ4v) is 2.88. The third-order valence-corrected chi connectivity index (χ3v) is 4.41. The van der Waals surface area contributed by atoms with Crippen LogP contribution in [0.4, 0.5) is 10.5 Å². The van der Waals surface area contributed by atoms with Gasteiger partial charge in [-0.25, -0.2) is 4.79 Å². The first-order chi connectivity index (χ1) is 14.4. The Kier molecular flexibility index (Phi) is 6.60. The van der Waals surface area contributed by atoms with Crippen molar-refractivity contribution in [2.75, 3.05) is 11.9 Å². The van der Waals surface area contributed by atoms with Crippen molar-refractivity contribution in [3.05, 3.63) is 95.1 Å². The molecule has 0 unspecified atom stereocenters. The lowest BCUT2D eigenvalue weighted by Gasteiger charge is -2.10. The van der Waals surface area contributed by atoms with Crippen molar-refractivity contribution in [2.45, 2.75) is 13.8 Å². The summed E-state index contributed by atoms with van der Waals surface area (Å²) in [7, 11) is 0. The molecule has 0 aromatic heterocycles. The number of carbonyl (C=O) groups is 3. The molecule has 3 rings (SSSR count). The van der Waals surface area contributed by atoms with Crippen LogP contribution in [-0.2, 0) is 4.79 Å². The van der Waals surface area contributed by atoms with Crippen molar-refractivity contribution in [2.24, 2.45) is 0 Å². The molecular weight excluding hydrogens is 380 g/mol. The highest BCUT2D eigenvalue weighted by Gasteiger charge is 2.11. The van der Waals surface area contributed by atoms with E-state index in [1.807, 2.05) is 32.0 Å². The average molecular weight is 402 g/mol. The van der Waals surface area contributed by atoms with E-state index >= 15 is 0 Å². The van der Waals surface area contributed by atoms with Crippen molar-refractivity contribution >= 4 is 23.4 Å². The highest BCUT2D eigenvalue weighted by molar-refractivity contribution is 6.09. The second kappa shape index (κ2) is 9.52. The number of urea groups is 1. The first-order valence-electron chi connectivity index (χ1n) is 9.43. The number of nitrogens with one attached hydrogen (secondary N) is 2. The minimum Gasteiger partial charge on any atom is -0.484 e. The topological polar surface area (TPSA) is 84.5 Å². The third-order valence-electron chi connectivity index (χ3n) is 4.41. The van der Waals surface area contributed by atoms with Crippen LogP contribution in [-0.4, -0.2) is 24.3 Å². The number of ketones is 1. The van der Waals surface area contributed by atoms with Gasteiger partial charge in [0.05, 0.1) is 0 Å². The molecule has 3 aromatic carbocycles. The maximum Gasteiger partial charge on any atom is 0.325 e. The normalized spacial score (nSPS) is 10.2. The zero-order valence-electron chi connectivity index (χ0n) is 16.8. The third kappa shape index (κ3) is 5.54. The predicted molar refractivity (Wildman–Crippen MR) is 115 cm³/mol. The van der Waals surface area contributed by atoms with E-state index in [-0.39, 0.29) is 12.4 Å². The SMILES string of the molecule is Cc1ccc(NC(=O)NC(=O)COc2ccc(C(=O)c3ccccc3)cc2)c(C)c1. The standard InChI is InChI=1S/C24H22N2O4/c1-16-8-13-21(17(2)14-16)25-24(29)26-22(27)15-30-20-11-9-19(10-12-20)23(28)18-6-4-3-5-7-18/h3-14H,15H2,1-2H3,(H2,25,26,27,29). The Balaban J connectivity index is 1.49. The summed E-state index contributed by atoms with van der Waals surface area (Å²) in [6, 6.07) is 20.4. The molecule has 30 heavy (non-hydrogen) atoms. The quantitative estimate of drug-likeness (QED) is 0.604. The Morgan fingerprint density at radius 1 is 0.833 bits per heavy atom. The van der Waals surface area contributed by atoms with Gasteiger partial charge in [0, 0.05) is 16.8 Å². The number of rotatable bonds is 6. The van der Waals surface area contributed by atoms with E-state index in [1.165, 1.54) is 0 Å². The van der Waals surface area contributed by atoms with E-state index in [9.17, 15) is 14.4 Å². The Hall–Kier alpha value is -3.93. The van der Waals surface area contributed by atoms with Crippen molar-refractivity contribution in [1.29, 1.82) is 0 Å². The van der Waals surface area contributed by atoms with Gasteiger partial charge < -0.3 is 10.1 Å². The number of imide groups is 1. The molecule has 0 atom stereocenters. The molecule has 3 aromatic rings. The van der Waals surface area contributed by atoms with Gasteiger partial charge in [0.2, 0.25) is 0 Å². The number of benzene rings is 3. The molecule has 0 aliphatic heterocycles. The van der Waals surface area contributed by atoms with E-state index < -0.39 is 11.9 Å². The summed E-state index contributed by atoms with van der Waals surface area (Å²) in [6.45, 7) is 3.51. The molecule has 0 spiro atoms. The lowest BCUT2D eigenvalue weighted by molar-refractivity contribution is -0.121. The minimum atomic E-state index is -0.626. The summed E-state index contributed by atoms with van der Waals surface area (Å²) in [4.78, 5) is 36.3. The summed E-state index contributed by atoms with van der Waals surface area (Å²) in [5.74, 6) is -0.255. The van der Waals surface area contributed by atoms with Gasteiger partial charge in [0.15, 0.2) is 12.4 Å². The lowest BCUT2D eigenvalue weighted by Crippen LogP contribution is -2.37. The Bertz CT molecular complexity index is 1060. The number of amides is 3. The van der Waals surface area contributed by atoms with Crippen LogP contribution in [0.1, 0.15) is 27.0 Å². The smallest absolute Gasteiger partial charge is 0.325 e. The van der Waals surface area contributed by atoms with Crippen LogP contribution < -0.4 is 15.4 Å². The zero-order valence-corrected chi connectivity index (χ0v) is 16.8. The Labute approximate surface area is 174 Å². The van der Waals surface area contributed by atoms with Gasteiger partial charge in [-0.2, -0.15) is 0 Å². The van der Waals surface area contributed by atoms with Crippen LogP contribution in [0.25, 0.3) is 0 Å². The number of anilines is 1. The van der Waals surface area contributed by atoms with Crippen LogP contribution in [0.15, 0.2) is 72.8 Å². The average Bonchev–Trinajstić information content (AvgIpc) is 2.75. The van der Waals surface area contributed by atoms with Crippen molar-refractivity contribution < 1.29 is 19.1 Å². The lowest BCUT2D eigenvalue weighted by atomic mass is 10.0. The summed E-state index contributed by atoms with van der Waals surface area (Å²) in [5, 5.41) is 4.86. The molecule has 0 saturated carbocycles. The molecule has 0 radical (unpaired) electrons. The van der Waals surface area contributed by atoms with Crippen LogP contribution in [0.5, 0.6) is 5.75 Å². The maximum absolute atomic E-state index is 12.4. The molecule has 0 aliphatic rings. The first-order valence-corrected chi connectivity index (χ1v) is 9.43. The van der Waals surface area contributed by atoms with Gasteiger partial charge in [-0.05, 0) is 49.7 Å². The molecule has 6 heteroatoms. The van der Waals surface area contributed by atoms with Gasteiger partial charge in [0.25, 0.3) is 5.91 Å². The number of hydrogen-bond donors (Lipinski definition) is 2. The Morgan fingerprint density at radius 3 is 2.17 bits per heavy atom. The molecule has 2 N–H and O–H groups in total. The molecule has 0 heterocycles. The van der Waals surface area contributed by atoms with Crippen molar-refractivity contribution in [3.8, 4) is 5.75 Å². The number of carbonyl (C=O) groups excluding carboxylic acids is 3. The summed E-state index contributed by atoms with van der Waals surface area (Å²) in [5.41, 5.74) is 3.73. The molecular formula is C24H22N2O4. The summed E-state index contributed by atoms with van der Waals surface area (Å²) >= 11 is 0. The van der Waals surface area contributed by atoms with E-state index in [4.69, 9.17) is 4.74 Å². The largest absolute Gasteiger partial charge is 0.484 e. The predicted octanol–water partition coefficient (Wildman–Crippen LogP) is 4.26. The van der Waals surface area contributed by atoms with Gasteiger partial charge in [-0.15, -0.1) is 0 Å². The highest BCUT2D eigenvalue weighted by atomic mass is 16.5. The van der Waals surface area contributed by atoms with E-state index in [0.29, 0.717) is 22.6 Å². The van der Waals surface area contributed by atoms with Crippen LogP contribution >= 0.6 is 0 Å². The van der Waals surface area contributed by atoms with Crippen LogP contribution in [0.2, 0.25) is 0 Å². The monoisotopic (exact) mass is 402 g/mol. The van der Waals surface area contributed by atoms with E-state index in [0.717, 1.165) is 11.1 Å². The summed E-state index contributed by atoms with van der Waals surface area (Å²) in [6.07, 6.45) is 0. The molecule has 0 bridgehead atoms. The minimum absolute atomic E-state index is 0.0945. The molecule has 6 nitrogen and oxygen atoms in total. The van der Waals surface area contributed by atoms with Gasteiger partial charge in [0.1, 0.15) is 5.75 Å². The molecule has 152 valence electrons. The van der Waals surface area contributed by atoms with E-state index in [1.54, 1.807) is 54.6 Å². The molecule has 0 saturated heterocycles. The van der Waals surface area contributed by atoms with Crippen LogP contribution in [0, 0.1) is 13.8 Å². The summed E-state index contributed by atoms with van der Waals surface area (Å²) < 4.78 is 5.40. The second-order valence-electron chi connectivity index (χ2n) is 6.83. The second-order valence-corrected chi connectivity index (χ2v) is 6.83. The fourth-order valence-electron chi connectivity index (χ4n) is 2.88. The molecule has 0 aliphatic carbocycles.